The maximum atomic E-state index is 10.7. The quantitative estimate of drug-likeness (QED) is 0.846. The Morgan fingerprint density at radius 2 is 2.11 bits per heavy atom. The molecule has 1 aromatic carbocycles. The Morgan fingerprint density at radius 1 is 1.33 bits per heavy atom. The first-order chi connectivity index (χ1) is 8.70. The molecule has 2 aromatic rings. The first-order valence-electron chi connectivity index (χ1n) is 5.33. The maximum Gasteiger partial charge on any atom is 0.338 e. The molecule has 2 N–H and O–H groups in total. The van der Waals surface area contributed by atoms with Gasteiger partial charge >= 0.3 is 5.97 Å². The zero-order valence-electron chi connectivity index (χ0n) is 9.50. The van der Waals surface area contributed by atoms with E-state index < -0.39 is 5.97 Å². The monoisotopic (exact) mass is 248 g/mol. The second-order valence-corrected chi connectivity index (χ2v) is 3.66. The van der Waals surface area contributed by atoms with Crippen LogP contribution in [-0.2, 0) is 13.2 Å². The third-order valence-electron chi connectivity index (χ3n) is 2.41. The third kappa shape index (κ3) is 2.70. The normalized spacial score (nSPS) is 10.3. The van der Waals surface area contributed by atoms with Crippen LogP contribution in [0, 0.1) is 0 Å². The molecular formula is C13H12O5. The van der Waals surface area contributed by atoms with Gasteiger partial charge in [0.15, 0.2) is 0 Å². The summed E-state index contributed by atoms with van der Waals surface area (Å²) in [6, 6.07) is 8.48. The van der Waals surface area contributed by atoms with Gasteiger partial charge in [0, 0.05) is 5.56 Å². The molecule has 0 amide bonds. The lowest BCUT2D eigenvalue weighted by atomic mass is 10.2. The van der Waals surface area contributed by atoms with Crippen molar-refractivity contribution in [2.75, 3.05) is 0 Å². The molecule has 0 spiro atoms. The Hall–Kier alpha value is -2.27. The van der Waals surface area contributed by atoms with Gasteiger partial charge < -0.3 is 19.4 Å². The molecule has 18 heavy (non-hydrogen) atoms. The van der Waals surface area contributed by atoms with Gasteiger partial charge in [-0.2, -0.15) is 0 Å². The van der Waals surface area contributed by atoms with E-state index in [1.165, 1.54) is 12.3 Å². The molecule has 0 radical (unpaired) electrons. The maximum absolute atomic E-state index is 10.7. The number of para-hydroxylation sites is 1. The largest absolute Gasteiger partial charge is 0.485 e. The second kappa shape index (κ2) is 5.37. The molecule has 0 saturated carbocycles. The van der Waals surface area contributed by atoms with Gasteiger partial charge in [-0.05, 0) is 12.1 Å². The van der Waals surface area contributed by atoms with Gasteiger partial charge in [0.05, 0.1) is 12.2 Å². The number of aliphatic hydroxyl groups is 1. The number of ether oxygens (including phenoxy) is 1. The molecule has 0 fully saturated rings. The molecule has 0 aliphatic rings. The molecule has 1 heterocycles. The highest BCUT2D eigenvalue weighted by molar-refractivity contribution is 5.87. The van der Waals surface area contributed by atoms with E-state index in [0.717, 1.165) is 0 Å². The minimum absolute atomic E-state index is 0.0871. The first kappa shape index (κ1) is 12.2. The van der Waals surface area contributed by atoms with Gasteiger partial charge in [0.1, 0.15) is 24.4 Å². The average Bonchev–Trinajstić information content (AvgIpc) is 2.85. The van der Waals surface area contributed by atoms with Crippen LogP contribution >= 0.6 is 0 Å². The van der Waals surface area contributed by atoms with E-state index in [1.54, 1.807) is 24.3 Å². The van der Waals surface area contributed by atoms with E-state index >= 15 is 0 Å². The lowest BCUT2D eigenvalue weighted by molar-refractivity contribution is 0.0696. The SMILES string of the molecule is O=C(O)c1coc(COc2ccccc2CO)c1. The lowest BCUT2D eigenvalue weighted by Crippen LogP contribution is -1.98. The van der Waals surface area contributed by atoms with Crippen molar-refractivity contribution in [2.45, 2.75) is 13.2 Å². The van der Waals surface area contributed by atoms with E-state index in [9.17, 15) is 4.79 Å². The third-order valence-corrected chi connectivity index (χ3v) is 2.41. The fraction of sp³-hybridized carbons (Fsp3) is 0.154. The summed E-state index contributed by atoms with van der Waals surface area (Å²) in [4.78, 5) is 10.7. The van der Waals surface area contributed by atoms with Crippen LogP contribution in [0.2, 0.25) is 0 Å². The topological polar surface area (TPSA) is 79.9 Å². The van der Waals surface area contributed by atoms with Crippen LogP contribution in [0.4, 0.5) is 0 Å². The van der Waals surface area contributed by atoms with Crippen LogP contribution in [0.25, 0.3) is 0 Å². The molecule has 94 valence electrons. The summed E-state index contributed by atoms with van der Waals surface area (Å²) in [5.41, 5.74) is 0.756. The number of aliphatic hydroxyl groups excluding tert-OH is 1. The number of benzene rings is 1. The van der Waals surface area contributed by atoms with Gasteiger partial charge in [0.25, 0.3) is 0 Å². The molecule has 0 saturated heterocycles. The minimum Gasteiger partial charge on any atom is -0.485 e. The highest BCUT2D eigenvalue weighted by Gasteiger charge is 2.09. The first-order valence-corrected chi connectivity index (χ1v) is 5.33. The van der Waals surface area contributed by atoms with Crippen molar-refractivity contribution in [3.8, 4) is 5.75 Å². The fourth-order valence-corrected chi connectivity index (χ4v) is 1.49. The number of furan rings is 1. The second-order valence-electron chi connectivity index (χ2n) is 3.66. The summed E-state index contributed by atoms with van der Waals surface area (Å²) in [5.74, 6) is -0.0748. The number of hydrogen-bond donors (Lipinski definition) is 2. The molecule has 0 unspecified atom stereocenters. The molecule has 0 aliphatic heterocycles. The summed E-state index contributed by atoms with van der Waals surface area (Å²) in [7, 11) is 0. The Balaban J connectivity index is 2.04. The van der Waals surface area contributed by atoms with Crippen molar-refractivity contribution in [3.05, 3.63) is 53.5 Å². The Morgan fingerprint density at radius 3 is 2.78 bits per heavy atom. The van der Waals surface area contributed by atoms with Crippen LogP contribution in [0.3, 0.4) is 0 Å². The van der Waals surface area contributed by atoms with Crippen LogP contribution in [0.5, 0.6) is 5.75 Å². The number of aromatic carboxylic acids is 1. The number of carboxylic acids is 1. The van der Waals surface area contributed by atoms with Crippen LogP contribution in [0.1, 0.15) is 21.7 Å². The van der Waals surface area contributed by atoms with E-state index in [0.29, 0.717) is 17.1 Å². The standard InChI is InChI=1S/C13H12O5/c14-6-9-3-1-2-4-12(9)18-8-11-5-10(7-17-11)13(15)16/h1-5,7,14H,6,8H2,(H,15,16). The van der Waals surface area contributed by atoms with E-state index in [-0.39, 0.29) is 18.8 Å². The van der Waals surface area contributed by atoms with Crippen molar-refractivity contribution in [1.82, 2.24) is 0 Å². The zero-order valence-corrected chi connectivity index (χ0v) is 9.50. The molecule has 2 rings (SSSR count). The smallest absolute Gasteiger partial charge is 0.338 e. The van der Waals surface area contributed by atoms with Gasteiger partial charge in [-0.25, -0.2) is 4.79 Å². The molecule has 1 aromatic heterocycles. The number of hydrogen-bond acceptors (Lipinski definition) is 4. The highest BCUT2D eigenvalue weighted by Crippen LogP contribution is 2.19. The van der Waals surface area contributed by atoms with Crippen LogP contribution < -0.4 is 4.74 Å². The average molecular weight is 248 g/mol. The Labute approximate surface area is 103 Å². The van der Waals surface area contributed by atoms with Crippen molar-refractivity contribution < 1.29 is 24.2 Å². The number of carbonyl (C=O) groups is 1. The molecule has 5 heteroatoms. The lowest BCUT2D eigenvalue weighted by Gasteiger charge is -2.07. The van der Waals surface area contributed by atoms with Crippen molar-refractivity contribution in [1.29, 1.82) is 0 Å². The molecule has 0 atom stereocenters. The fourth-order valence-electron chi connectivity index (χ4n) is 1.49. The van der Waals surface area contributed by atoms with Gasteiger partial charge in [-0.15, -0.1) is 0 Å². The predicted octanol–water partition coefficient (Wildman–Crippen LogP) is 2.05. The zero-order chi connectivity index (χ0) is 13.0. The van der Waals surface area contributed by atoms with E-state index in [4.69, 9.17) is 19.4 Å². The Bertz CT molecular complexity index is 544. The number of rotatable bonds is 5. The Kier molecular flexibility index (Phi) is 3.64. The summed E-state index contributed by atoms with van der Waals surface area (Å²) < 4.78 is 10.5. The van der Waals surface area contributed by atoms with E-state index in [2.05, 4.69) is 0 Å². The van der Waals surface area contributed by atoms with Crippen molar-refractivity contribution >= 4 is 5.97 Å². The predicted molar refractivity (Wildman–Crippen MR) is 62.4 cm³/mol. The minimum atomic E-state index is -1.04. The highest BCUT2D eigenvalue weighted by atomic mass is 16.5. The molecule has 0 aliphatic carbocycles. The van der Waals surface area contributed by atoms with Crippen LogP contribution in [-0.4, -0.2) is 16.2 Å². The van der Waals surface area contributed by atoms with Gasteiger partial charge in [-0.3, -0.25) is 0 Å². The molecule has 5 nitrogen and oxygen atoms in total. The van der Waals surface area contributed by atoms with Crippen LogP contribution in [0.15, 0.2) is 41.0 Å². The summed E-state index contributed by atoms with van der Waals surface area (Å²) in [6.45, 7) is -0.000995. The van der Waals surface area contributed by atoms with Crippen molar-refractivity contribution in [2.24, 2.45) is 0 Å². The van der Waals surface area contributed by atoms with Crippen molar-refractivity contribution in [3.63, 3.8) is 0 Å². The molecular weight excluding hydrogens is 236 g/mol. The summed E-state index contributed by atoms with van der Waals surface area (Å²) in [6.07, 6.45) is 1.17. The van der Waals surface area contributed by atoms with E-state index in [1.807, 2.05) is 0 Å². The number of carboxylic acid groups (broad SMARTS) is 1. The van der Waals surface area contributed by atoms with Gasteiger partial charge in [-0.1, -0.05) is 18.2 Å². The van der Waals surface area contributed by atoms with Gasteiger partial charge in [0.2, 0.25) is 0 Å². The summed E-state index contributed by atoms with van der Waals surface area (Å²) in [5, 5.41) is 17.8. The molecule has 0 bridgehead atoms. The summed E-state index contributed by atoms with van der Waals surface area (Å²) >= 11 is 0.